The van der Waals surface area contributed by atoms with Crippen LogP contribution >= 0.6 is 0 Å². The van der Waals surface area contributed by atoms with Gasteiger partial charge in [0.15, 0.2) is 0 Å². The summed E-state index contributed by atoms with van der Waals surface area (Å²) in [5.41, 5.74) is 0.214. The molecule has 8 heteroatoms. The van der Waals surface area contributed by atoms with Crippen molar-refractivity contribution in [3.8, 4) is 11.5 Å². The molecule has 1 aromatic carbocycles. The van der Waals surface area contributed by atoms with Gasteiger partial charge in [0.2, 0.25) is 5.91 Å². The number of amides is 2. The molecule has 0 heterocycles. The van der Waals surface area contributed by atoms with Crippen molar-refractivity contribution in [1.82, 2.24) is 10.6 Å². The van der Waals surface area contributed by atoms with Crippen LogP contribution in [-0.4, -0.2) is 49.7 Å². The van der Waals surface area contributed by atoms with Crippen molar-refractivity contribution in [2.24, 2.45) is 5.92 Å². The number of benzene rings is 1. The Kier molecular flexibility index (Phi) is 7.71. The summed E-state index contributed by atoms with van der Waals surface area (Å²) >= 11 is 0. The van der Waals surface area contributed by atoms with E-state index in [2.05, 4.69) is 10.6 Å². The number of aliphatic carboxylic acids is 1. The molecule has 0 radical (unpaired) electrons. The second-order valence-electron chi connectivity index (χ2n) is 5.84. The largest absolute Gasteiger partial charge is 0.497 e. The number of carboxylic acid groups (broad SMARTS) is 1. The zero-order valence-electron chi connectivity index (χ0n) is 14.8. The molecule has 2 amide bonds. The normalized spacial score (nSPS) is 11.6. The lowest BCUT2D eigenvalue weighted by Crippen LogP contribution is -2.46. The van der Waals surface area contributed by atoms with Gasteiger partial charge in [0.25, 0.3) is 5.91 Å². The highest BCUT2D eigenvalue weighted by molar-refractivity contribution is 5.99. The first-order valence-corrected chi connectivity index (χ1v) is 7.80. The number of hydrogen-bond acceptors (Lipinski definition) is 5. The maximum absolute atomic E-state index is 12.3. The van der Waals surface area contributed by atoms with E-state index in [1.807, 2.05) is 13.8 Å². The van der Waals surface area contributed by atoms with Gasteiger partial charge in [-0.2, -0.15) is 0 Å². The van der Waals surface area contributed by atoms with Crippen molar-refractivity contribution in [1.29, 1.82) is 0 Å². The quantitative estimate of drug-likeness (QED) is 0.612. The van der Waals surface area contributed by atoms with E-state index in [0.29, 0.717) is 17.9 Å². The van der Waals surface area contributed by atoms with Gasteiger partial charge in [0, 0.05) is 0 Å². The van der Waals surface area contributed by atoms with Crippen molar-refractivity contribution in [3.63, 3.8) is 0 Å². The first kappa shape index (κ1) is 20.3. The minimum absolute atomic E-state index is 0.108. The third-order valence-corrected chi connectivity index (χ3v) is 3.40. The molecule has 138 valence electrons. The minimum Gasteiger partial charge on any atom is -0.497 e. The summed E-state index contributed by atoms with van der Waals surface area (Å²) in [6.07, 6.45) is 0.304. The third-order valence-electron chi connectivity index (χ3n) is 3.40. The van der Waals surface area contributed by atoms with Gasteiger partial charge in [-0.05, 0) is 30.5 Å². The lowest BCUT2D eigenvalue weighted by molar-refractivity contribution is -0.142. The van der Waals surface area contributed by atoms with E-state index >= 15 is 0 Å². The van der Waals surface area contributed by atoms with Crippen LogP contribution in [0.2, 0.25) is 0 Å². The molecule has 1 atom stereocenters. The van der Waals surface area contributed by atoms with Gasteiger partial charge in [-0.25, -0.2) is 4.79 Å². The predicted molar refractivity (Wildman–Crippen MR) is 90.9 cm³/mol. The fourth-order valence-corrected chi connectivity index (χ4v) is 2.19. The fraction of sp³-hybridized carbons (Fsp3) is 0.471. The van der Waals surface area contributed by atoms with Gasteiger partial charge < -0.3 is 25.2 Å². The van der Waals surface area contributed by atoms with Crippen LogP contribution < -0.4 is 20.1 Å². The number of carboxylic acids is 1. The van der Waals surface area contributed by atoms with E-state index in [9.17, 15) is 14.4 Å². The number of carbonyl (C=O) groups excluding carboxylic acids is 2. The Balaban J connectivity index is 2.69. The van der Waals surface area contributed by atoms with Crippen molar-refractivity contribution in [3.05, 3.63) is 23.8 Å². The second-order valence-corrected chi connectivity index (χ2v) is 5.84. The van der Waals surface area contributed by atoms with Crippen LogP contribution in [0.1, 0.15) is 30.6 Å². The van der Waals surface area contributed by atoms with E-state index in [-0.39, 0.29) is 18.0 Å². The molecule has 0 aromatic heterocycles. The zero-order valence-corrected chi connectivity index (χ0v) is 14.8. The molecular formula is C17H24N2O6. The van der Waals surface area contributed by atoms with Crippen LogP contribution in [0, 0.1) is 5.92 Å². The smallest absolute Gasteiger partial charge is 0.326 e. The molecule has 0 saturated heterocycles. The van der Waals surface area contributed by atoms with E-state index in [0.717, 1.165) is 0 Å². The van der Waals surface area contributed by atoms with Crippen LogP contribution in [0.3, 0.4) is 0 Å². The molecule has 0 unspecified atom stereocenters. The van der Waals surface area contributed by atoms with Crippen LogP contribution in [0.5, 0.6) is 11.5 Å². The van der Waals surface area contributed by atoms with Gasteiger partial charge in [0.1, 0.15) is 17.5 Å². The molecule has 0 fully saturated rings. The van der Waals surface area contributed by atoms with E-state index in [1.54, 1.807) is 12.1 Å². The lowest BCUT2D eigenvalue weighted by Gasteiger charge is -2.17. The molecule has 0 bridgehead atoms. The minimum atomic E-state index is -1.11. The van der Waals surface area contributed by atoms with Gasteiger partial charge in [-0.3, -0.25) is 9.59 Å². The summed E-state index contributed by atoms with van der Waals surface area (Å²) < 4.78 is 10.2. The summed E-state index contributed by atoms with van der Waals surface area (Å²) in [6, 6.07) is 3.73. The average molecular weight is 352 g/mol. The summed E-state index contributed by atoms with van der Waals surface area (Å²) in [5.74, 6) is -1.30. The fourth-order valence-electron chi connectivity index (χ4n) is 2.19. The Morgan fingerprint density at radius 2 is 1.84 bits per heavy atom. The number of ether oxygens (including phenoxy) is 2. The number of hydrogen-bond donors (Lipinski definition) is 3. The molecular weight excluding hydrogens is 328 g/mol. The monoisotopic (exact) mass is 352 g/mol. The molecule has 1 rings (SSSR count). The summed E-state index contributed by atoms with van der Waals surface area (Å²) in [7, 11) is 2.90. The van der Waals surface area contributed by atoms with Gasteiger partial charge in [-0.1, -0.05) is 13.8 Å². The summed E-state index contributed by atoms with van der Waals surface area (Å²) in [6.45, 7) is 3.37. The highest BCUT2D eigenvalue weighted by atomic mass is 16.5. The average Bonchev–Trinajstić information content (AvgIpc) is 2.57. The topological polar surface area (TPSA) is 114 Å². The Bertz CT molecular complexity index is 630. The molecule has 3 N–H and O–H groups in total. The first-order valence-electron chi connectivity index (χ1n) is 7.80. The molecule has 0 aliphatic heterocycles. The number of rotatable bonds is 9. The molecule has 25 heavy (non-hydrogen) atoms. The van der Waals surface area contributed by atoms with E-state index in [4.69, 9.17) is 14.6 Å². The molecule has 0 spiro atoms. The van der Waals surface area contributed by atoms with Crippen LogP contribution in [0.4, 0.5) is 0 Å². The second kappa shape index (κ2) is 9.51. The molecule has 1 aromatic rings. The van der Waals surface area contributed by atoms with Crippen molar-refractivity contribution in [2.75, 3.05) is 20.8 Å². The summed E-state index contributed by atoms with van der Waals surface area (Å²) in [4.78, 5) is 35.3. The summed E-state index contributed by atoms with van der Waals surface area (Å²) in [5, 5.41) is 14.0. The maximum Gasteiger partial charge on any atom is 0.326 e. The molecule has 0 aliphatic rings. The van der Waals surface area contributed by atoms with E-state index < -0.39 is 23.8 Å². The highest BCUT2D eigenvalue weighted by Crippen LogP contribution is 2.23. The van der Waals surface area contributed by atoms with Crippen molar-refractivity contribution < 1.29 is 29.0 Å². The van der Waals surface area contributed by atoms with Crippen LogP contribution in [0.25, 0.3) is 0 Å². The number of carbonyl (C=O) groups is 3. The standard InChI is InChI=1S/C17H24N2O6/c1-10(2)7-13(17(22)23)19-15(20)9-18-16(21)12-8-11(24-3)5-6-14(12)25-4/h5-6,8,10,13H,7,9H2,1-4H3,(H,18,21)(H,19,20)(H,22,23)/t13-/m0/s1. The third kappa shape index (κ3) is 6.33. The van der Waals surface area contributed by atoms with Gasteiger partial charge in [-0.15, -0.1) is 0 Å². The first-order chi connectivity index (χ1) is 11.8. The molecule has 0 aliphatic carbocycles. The van der Waals surface area contributed by atoms with Gasteiger partial charge >= 0.3 is 5.97 Å². The predicted octanol–water partition coefficient (Wildman–Crippen LogP) is 1.05. The van der Waals surface area contributed by atoms with Gasteiger partial charge in [0.05, 0.1) is 26.3 Å². The molecule has 0 saturated carbocycles. The van der Waals surface area contributed by atoms with Crippen LogP contribution in [0.15, 0.2) is 18.2 Å². The SMILES string of the molecule is COc1ccc(OC)c(C(=O)NCC(=O)N[C@@H](CC(C)C)C(=O)O)c1. The lowest BCUT2D eigenvalue weighted by atomic mass is 10.0. The van der Waals surface area contributed by atoms with Crippen molar-refractivity contribution in [2.45, 2.75) is 26.3 Å². The van der Waals surface area contributed by atoms with Crippen LogP contribution in [-0.2, 0) is 9.59 Å². The Morgan fingerprint density at radius 3 is 2.36 bits per heavy atom. The van der Waals surface area contributed by atoms with E-state index in [1.165, 1.54) is 20.3 Å². The molecule has 8 nitrogen and oxygen atoms in total. The number of nitrogens with one attached hydrogen (secondary N) is 2. The Hall–Kier alpha value is -2.77. The Morgan fingerprint density at radius 1 is 1.16 bits per heavy atom. The zero-order chi connectivity index (χ0) is 19.0. The highest BCUT2D eigenvalue weighted by Gasteiger charge is 2.21. The maximum atomic E-state index is 12.3. The van der Waals surface area contributed by atoms with Crippen molar-refractivity contribution >= 4 is 17.8 Å². The Labute approximate surface area is 146 Å². The number of methoxy groups -OCH3 is 2.